The summed E-state index contributed by atoms with van der Waals surface area (Å²) in [4.78, 5) is 10.1. The van der Waals surface area contributed by atoms with Crippen LogP contribution in [-0.4, -0.2) is 26.3 Å². The highest BCUT2D eigenvalue weighted by atomic mass is 32.2. The number of nitrogens with one attached hydrogen (secondary N) is 1. The van der Waals surface area contributed by atoms with Crippen molar-refractivity contribution in [3.05, 3.63) is 106 Å². The van der Waals surface area contributed by atoms with E-state index in [4.69, 9.17) is 8.74 Å². The quantitative estimate of drug-likeness (QED) is 0.0632. The van der Waals surface area contributed by atoms with Crippen LogP contribution in [0.2, 0.25) is 0 Å². The first-order valence-corrected chi connectivity index (χ1v) is 15.6. The van der Waals surface area contributed by atoms with E-state index < -0.39 is 35.7 Å². The number of nitrogens with zero attached hydrogens (tertiary/aromatic N) is 3. The number of anilines is 2. The SMILES string of the molecule is Cc1cc(OS(=O)(=O)c2ccc(C(C)(C)C)cc2)ccc1N=Nc1ccc(Nc2ccc(S(=O)(=O)O)cc2[N+](=O)[O-])cc1. The van der Waals surface area contributed by atoms with Crippen molar-refractivity contribution < 1.29 is 30.5 Å². The van der Waals surface area contributed by atoms with Gasteiger partial charge in [-0.15, -0.1) is 0 Å². The maximum atomic E-state index is 12.8. The van der Waals surface area contributed by atoms with Crippen molar-refractivity contribution in [2.75, 3.05) is 5.32 Å². The Labute approximate surface area is 249 Å². The number of benzene rings is 4. The monoisotopic (exact) mass is 624 g/mol. The van der Waals surface area contributed by atoms with E-state index in [1.165, 1.54) is 24.3 Å². The molecule has 0 fully saturated rings. The topological polar surface area (TPSA) is 178 Å². The fraction of sp³-hybridized carbons (Fsp3) is 0.172. The Morgan fingerprint density at radius 3 is 2.02 bits per heavy atom. The van der Waals surface area contributed by atoms with Gasteiger partial charge in [-0.25, -0.2) is 0 Å². The van der Waals surface area contributed by atoms with Crippen molar-refractivity contribution in [2.24, 2.45) is 10.2 Å². The number of azo groups is 1. The van der Waals surface area contributed by atoms with E-state index in [0.717, 1.165) is 17.7 Å². The third kappa shape index (κ3) is 7.80. The predicted octanol–water partition coefficient (Wildman–Crippen LogP) is 7.37. The second kappa shape index (κ2) is 11.9. The molecular formula is C29H28N4O8S2. The Morgan fingerprint density at radius 1 is 0.837 bits per heavy atom. The van der Waals surface area contributed by atoms with Crippen LogP contribution in [0, 0.1) is 17.0 Å². The molecule has 0 amide bonds. The van der Waals surface area contributed by atoms with E-state index >= 15 is 0 Å². The lowest BCUT2D eigenvalue weighted by molar-refractivity contribution is -0.384. The molecule has 14 heteroatoms. The molecule has 0 saturated carbocycles. The van der Waals surface area contributed by atoms with Gasteiger partial charge in [0.25, 0.3) is 15.8 Å². The third-order valence-electron chi connectivity index (χ3n) is 6.27. The van der Waals surface area contributed by atoms with Gasteiger partial charge in [-0.05, 0) is 90.2 Å². The lowest BCUT2D eigenvalue weighted by Crippen LogP contribution is -2.13. The number of nitro benzene ring substituents is 1. The molecule has 0 aliphatic carbocycles. The summed E-state index contributed by atoms with van der Waals surface area (Å²) in [7, 11) is -8.64. The number of hydrogen-bond acceptors (Lipinski definition) is 10. The van der Waals surface area contributed by atoms with Crippen molar-refractivity contribution >= 4 is 48.7 Å². The number of hydrogen-bond donors (Lipinski definition) is 2. The van der Waals surface area contributed by atoms with Crippen LogP contribution < -0.4 is 9.50 Å². The summed E-state index contributed by atoms with van der Waals surface area (Å²) < 4.78 is 62.7. The normalized spacial score (nSPS) is 12.3. The summed E-state index contributed by atoms with van der Waals surface area (Å²) in [5.41, 5.74) is 2.39. The largest absolute Gasteiger partial charge is 0.379 e. The average molecular weight is 625 g/mol. The molecule has 0 unspecified atom stereocenters. The van der Waals surface area contributed by atoms with Crippen molar-refractivity contribution in [2.45, 2.75) is 42.9 Å². The van der Waals surface area contributed by atoms with Gasteiger partial charge in [0, 0.05) is 11.8 Å². The molecule has 0 spiro atoms. The summed E-state index contributed by atoms with van der Waals surface area (Å²) in [6, 6.07) is 20.6. The second-order valence-electron chi connectivity index (χ2n) is 10.5. The van der Waals surface area contributed by atoms with Crippen molar-refractivity contribution in [1.82, 2.24) is 0 Å². The summed E-state index contributed by atoms with van der Waals surface area (Å²) in [5, 5.41) is 22.7. The molecule has 43 heavy (non-hydrogen) atoms. The van der Waals surface area contributed by atoms with Gasteiger partial charge in [0.05, 0.1) is 16.3 Å². The van der Waals surface area contributed by atoms with Gasteiger partial charge in [-0.2, -0.15) is 27.1 Å². The highest BCUT2D eigenvalue weighted by molar-refractivity contribution is 7.87. The van der Waals surface area contributed by atoms with Gasteiger partial charge in [0.1, 0.15) is 21.2 Å². The van der Waals surface area contributed by atoms with Gasteiger partial charge < -0.3 is 9.50 Å². The average Bonchev–Trinajstić information content (AvgIpc) is 2.92. The minimum Gasteiger partial charge on any atom is -0.379 e. The maximum Gasteiger partial charge on any atom is 0.339 e. The molecule has 0 bridgehead atoms. The Balaban J connectivity index is 1.44. The minimum atomic E-state index is -4.60. The molecular weight excluding hydrogens is 596 g/mol. The highest BCUT2D eigenvalue weighted by Gasteiger charge is 2.21. The van der Waals surface area contributed by atoms with Gasteiger partial charge in [-0.3, -0.25) is 14.7 Å². The summed E-state index contributed by atoms with van der Waals surface area (Å²) >= 11 is 0. The van der Waals surface area contributed by atoms with Gasteiger partial charge in [-0.1, -0.05) is 32.9 Å². The molecule has 2 N–H and O–H groups in total. The van der Waals surface area contributed by atoms with Crippen LogP contribution in [0.15, 0.2) is 105 Å². The second-order valence-corrected chi connectivity index (χ2v) is 13.5. The molecule has 0 saturated heterocycles. The lowest BCUT2D eigenvalue weighted by Gasteiger charge is -2.19. The Kier molecular flexibility index (Phi) is 8.67. The zero-order valence-electron chi connectivity index (χ0n) is 23.5. The zero-order chi connectivity index (χ0) is 31.6. The van der Waals surface area contributed by atoms with Crippen LogP contribution in [0.1, 0.15) is 31.9 Å². The van der Waals surface area contributed by atoms with Gasteiger partial charge >= 0.3 is 10.1 Å². The Morgan fingerprint density at radius 2 is 1.47 bits per heavy atom. The minimum absolute atomic E-state index is 0.0219. The van der Waals surface area contributed by atoms with E-state index in [9.17, 15) is 26.9 Å². The van der Waals surface area contributed by atoms with Crippen molar-refractivity contribution in [3.8, 4) is 5.75 Å². The summed E-state index contributed by atoms with van der Waals surface area (Å²) in [5.74, 6) is 0.130. The van der Waals surface area contributed by atoms with Crippen LogP contribution in [-0.2, 0) is 25.7 Å². The molecule has 4 rings (SSSR count). The smallest absolute Gasteiger partial charge is 0.339 e. The molecule has 224 valence electrons. The predicted molar refractivity (Wildman–Crippen MR) is 161 cm³/mol. The van der Waals surface area contributed by atoms with E-state index in [0.29, 0.717) is 22.6 Å². The lowest BCUT2D eigenvalue weighted by atomic mass is 9.87. The van der Waals surface area contributed by atoms with Gasteiger partial charge in [0.15, 0.2) is 0 Å². The summed E-state index contributed by atoms with van der Waals surface area (Å²) in [6.45, 7) is 7.85. The van der Waals surface area contributed by atoms with Crippen LogP contribution >= 0.6 is 0 Å². The first kappa shape index (κ1) is 31.3. The molecule has 0 aliphatic heterocycles. The van der Waals surface area contributed by atoms with Crippen LogP contribution in [0.25, 0.3) is 0 Å². The Bertz CT molecular complexity index is 1920. The van der Waals surface area contributed by atoms with Crippen LogP contribution in [0.3, 0.4) is 0 Å². The van der Waals surface area contributed by atoms with E-state index in [2.05, 4.69) is 15.5 Å². The third-order valence-corrected chi connectivity index (χ3v) is 8.38. The molecule has 0 aromatic heterocycles. The molecule has 4 aromatic rings. The highest BCUT2D eigenvalue weighted by Crippen LogP contribution is 2.32. The first-order chi connectivity index (χ1) is 20.0. The zero-order valence-corrected chi connectivity index (χ0v) is 25.2. The van der Waals surface area contributed by atoms with E-state index in [-0.39, 0.29) is 21.7 Å². The fourth-order valence-corrected chi connectivity index (χ4v) is 5.32. The van der Waals surface area contributed by atoms with E-state index in [1.54, 1.807) is 55.5 Å². The van der Waals surface area contributed by atoms with Crippen LogP contribution in [0.4, 0.5) is 28.4 Å². The number of rotatable bonds is 9. The molecule has 4 aromatic carbocycles. The Hall–Kier alpha value is -4.66. The first-order valence-electron chi connectivity index (χ1n) is 12.7. The molecule has 12 nitrogen and oxygen atoms in total. The molecule has 0 aliphatic rings. The number of nitro groups is 1. The van der Waals surface area contributed by atoms with Crippen molar-refractivity contribution in [3.63, 3.8) is 0 Å². The molecule has 0 atom stereocenters. The van der Waals surface area contributed by atoms with Crippen LogP contribution in [0.5, 0.6) is 5.75 Å². The van der Waals surface area contributed by atoms with Crippen molar-refractivity contribution in [1.29, 1.82) is 0 Å². The summed E-state index contributed by atoms with van der Waals surface area (Å²) in [6.07, 6.45) is 0. The standard InChI is InChI=1S/C29H28N4O8S2/c1-19-17-23(41-43(39,40)24-12-5-20(6-13-24)29(2,3)4)11-15-26(19)32-31-22-9-7-21(8-10-22)30-27-16-14-25(42(36,37)38)18-28(27)33(34)35/h5-18,30H,1-4H3,(H,36,37,38). The molecule has 0 heterocycles. The maximum absolute atomic E-state index is 12.8. The number of aryl methyl sites for hydroxylation is 1. The van der Waals surface area contributed by atoms with E-state index in [1.807, 2.05) is 20.8 Å². The van der Waals surface area contributed by atoms with Gasteiger partial charge in [0.2, 0.25) is 0 Å². The molecule has 0 radical (unpaired) electrons. The fourth-order valence-electron chi connectivity index (χ4n) is 3.90.